The summed E-state index contributed by atoms with van der Waals surface area (Å²) < 4.78 is 27.1. The van der Waals surface area contributed by atoms with Crippen molar-refractivity contribution in [1.29, 1.82) is 0 Å². The first-order valence-electron chi connectivity index (χ1n) is 8.33. The van der Waals surface area contributed by atoms with E-state index in [4.69, 9.17) is 0 Å². The van der Waals surface area contributed by atoms with E-state index in [0.717, 1.165) is 19.4 Å². The highest BCUT2D eigenvalue weighted by Gasteiger charge is 2.33. The molecular formula is C17H24N2O3S. The van der Waals surface area contributed by atoms with E-state index in [1.165, 1.54) is 25.8 Å². The number of sulfonamides is 1. The van der Waals surface area contributed by atoms with Gasteiger partial charge in [-0.3, -0.25) is 4.79 Å². The molecule has 3 rings (SSSR count). The van der Waals surface area contributed by atoms with Gasteiger partial charge in [0.15, 0.2) is 5.78 Å². The largest absolute Gasteiger partial charge is 0.314 e. The Kier molecular flexibility index (Phi) is 4.85. The second-order valence-corrected chi connectivity index (χ2v) is 8.47. The predicted octanol–water partition coefficient (Wildman–Crippen LogP) is 2.04. The lowest BCUT2D eigenvalue weighted by Gasteiger charge is -2.34. The molecule has 0 amide bonds. The van der Waals surface area contributed by atoms with E-state index in [-0.39, 0.29) is 10.7 Å². The standard InChI is InChI=1S/C17H24N2O3S/c1-13(20)15-4-2-5-16(12-15)23(21,22)19-10-7-14(8-11-19)17-6-3-9-18-17/h2,4-5,12,14,17-18H,3,6-11H2,1H3. The number of carbonyl (C=O) groups is 1. The minimum atomic E-state index is -3.50. The lowest BCUT2D eigenvalue weighted by Crippen LogP contribution is -2.43. The zero-order valence-corrected chi connectivity index (χ0v) is 14.3. The molecular weight excluding hydrogens is 312 g/mol. The molecule has 1 N–H and O–H groups in total. The fraction of sp³-hybridized carbons (Fsp3) is 0.588. The summed E-state index contributed by atoms with van der Waals surface area (Å²) in [6.07, 6.45) is 4.24. The Morgan fingerprint density at radius 2 is 1.96 bits per heavy atom. The Bertz CT molecular complexity index is 673. The van der Waals surface area contributed by atoms with Gasteiger partial charge in [-0.05, 0) is 57.2 Å². The summed E-state index contributed by atoms with van der Waals surface area (Å²) >= 11 is 0. The van der Waals surface area contributed by atoms with Gasteiger partial charge in [-0.1, -0.05) is 12.1 Å². The highest BCUT2D eigenvalue weighted by molar-refractivity contribution is 7.89. The predicted molar refractivity (Wildman–Crippen MR) is 89.0 cm³/mol. The molecule has 2 fully saturated rings. The number of benzene rings is 1. The fourth-order valence-electron chi connectivity index (χ4n) is 3.66. The lowest BCUT2D eigenvalue weighted by molar-refractivity contribution is 0.101. The Labute approximate surface area is 138 Å². The van der Waals surface area contributed by atoms with Crippen molar-refractivity contribution in [1.82, 2.24) is 9.62 Å². The molecule has 1 atom stereocenters. The molecule has 0 spiro atoms. The number of carbonyl (C=O) groups excluding carboxylic acids is 1. The maximum Gasteiger partial charge on any atom is 0.243 e. The number of rotatable bonds is 4. The van der Waals surface area contributed by atoms with Gasteiger partial charge >= 0.3 is 0 Å². The monoisotopic (exact) mass is 336 g/mol. The van der Waals surface area contributed by atoms with Crippen molar-refractivity contribution in [3.05, 3.63) is 29.8 Å². The summed E-state index contributed by atoms with van der Waals surface area (Å²) in [7, 11) is -3.50. The summed E-state index contributed by atoms with van der Waals surface area (Å²) in [5.74, 6) is 0.459. The van der Waals surface area contributed by atoms with Gasteiger partial charge in [0.25, 0.3) is 0 Å². The Balaban J connectivity index is 1.71. The van der Waals surface area contributed by atoms with Crippen LogP contribution in [0.25, 0.3) is 0 Å². The minimum Gasteiger partial charge on any atom is -0.314 e. The normalized spacial score (nSPS) is 24.0. The average Bonchev–Trinajstić information content (AvgIpc) is 3.09. The van der Waals surface area contributed by atoms with E-state index in [1.807, 2.05) is 0 Å². The smallest absolute Gasteiger partial charge is 0.243 e. The number of Topliss-reactive ketones (excluding diaryl/α,β-unsaturated/α-hetero) is 1. The highest BCUT2D eigenvalue weighted by Crippen LogP contribution is 2.28. The van der Waals surface area contributed by atoms with Crippen LogP contribution in [0.15, 0.2) is 29.2 Å². The van der Waals surface area contributed by atoms with Gasteiger partial charge in [-0.15, -0.1) is 0 Å². The van der Waals surface area contributed by atoms with Crippen molar-refractivity contribution in [2.45, 2.75) is 43.5 Å². The van der Waals surface area contributed by atoms with Crippen molar-refractivity contribution in [3.8, 4) is 0 Å². The first kappa shape index (κ1) is 16.6. The molecule has 1 aromatic rings. The zero-order chi connectivity index (χ0) is 16.4. The summed E-state index contributed by atoms with van der Waals surface area (Å²) in [6, 6.07) is 6.91. The third-order valence-corrected chi connectivity index (χ3v) is 6.94. The van der Waals surface area contributed by atoms with E-state index in [1.54, 1.807) is 22.5 Å². The quantitative estimate of drug-likeness (QED) is 0.855. The molecule has 0 saturated carbocycles. The molecule has 23 heavy (non-hydrogen) atoms. The Hall–Kier alpha value is -1.24. The van der Waals surface area contributed by atoms with Gasteiger partial charge in [-0.2, -0.15) is 4.31 Å². The van der Waals surface area contributed by atoms with E-state index in [9.17, 15) is 13.2 Å². The maximum atomic E-state index is 12.8. The first-order valence-corrected chi connectivity index (χ1v) is 9.77. The zero-order valence-electron chi connectivity index (χ0n) is 13.5. The molecule has 5 nitrogen and oxygen atoms in total. The summed E-state index contributed by atoms with van der Waals surface area (Å²) in [4.78, 5) is 11.7. The molecule has 2 aliphatic rings. The molecule has 0 aliphatic carbocycles. The topological polar surface area (TPSA) is 66.5 Å². The van der Waals surface area contributed by atoms with Crippen LogP contribution >= 0.6 is 0 Å². The van der Waals surface area contributed by atoms with Crippen molar-refractivity contribution >= 4 is 15.8 Å². The van der Waals surface area contributed by atoms with Crippen molar-refractivity contribution in [3.63, 3.8) is 0 Å². The Morgan fingerprint density at radius 3 is 2.57 bits per heavy atom. The van der Waals surface area contributed by atoms with Crippen LogP contribution in [-0.4, -0.2) is 44.2 Å². The van der Waals surface area contributed by atoms with Gasteiger partial charge < -0.3 is 5.32 Å². The van der Waals surface area contributed by atoms with Crippen molar-refractivity contribution < 1.29 is 13.2 Å². The van der Waals surface area contributed by atoms with Crippen LogP contribution in [0, 0.1) is 5.92 Å². The number of nitrogens with one attached hydrogen (secondary N) is 1. The molecule has 2 heterocycles. The molecule has 6 heteroatoms. The maximum absolute atomic E-state index is 12.8. The molecule has 2 aliphatic heterocycles. The van der Waals surface area contributed by atoms with Gasteiger partial charge in [-0.25, -0.2) is 8.42 Å². The van der Waals surface area contributed by atoms with Gasteiger partial charge in [0.05, 0.1) is 4.90 Å². The number of hydrogen-bond acceptors (Lipinski definition) is 4. The van der Waals surface area contributed by atoms with Gasteiger partial charge in [0.2, 0.25) is 10.0 Å². The molecule has 1 aromatic carbocycles. The van der Waals surface area contributed by atoms with E-state index in [0.29, 0.717) is 30.6 Å². The first-order chi connectivity index (χ1) is 11.0. The number of hydrogen-bond donors (Lipinski definition) is 1. The van der Waals surface area contributed by atoms with E-state index in [2.05, 4.69) is 5.32 Å². The molecule has 1 unspecified atom stereocenters. The van der Waals surface area contributed by atoms with E-state index >= 15 is 0 Å². The SMILES string of the molecule is CC(=O)c1cccc(S(=O)(=O)N2CCC(C3CCCN3)CC2)c1. The van der Waals surface area contributed by atoms with Crippen LogP contribution in [0.5, 0.6) is 0 Å². The molecule has 0 bridgehead atoms. The second kappa shape index (κ2) is 6.71. The van der Waals surface area contributed by atoms with Gasteiger partial charge in [0, 0.05) is 24.7 Å². The van der Waals surface area contributed by atoms with Gasteiger partial charge in [0.1, 0.15) is 0 Å². The third-order valence-electron chi connectivity index (χ3n) is 5.04. The highest BCUT2D eigenvalue weighted by atomic mass is 32.2. The van der Waals surface area contributed by atoms with Crippen molar-refractivity contribution in [2.75, 3.05) is 19.6 Å². The average molecular weight is 336 g/mol. The van der Waals surface area contributed by atoms with Crippen LogP contribution in [0.1, 0.15) is 43.0 Å². The molecule has 126 valence electrons. The van der Waals surface area contributed by atoms with E-state index < -0.39 is 10.0 Å². The van der Waals surface area contributed by atoms with Crippen LogP contribution in [0.3, 0.4) is 0 Å². The summed E-state index contributed by atoms with van der Waals surface area (Å²) in [5.41, 5.74) is 0.441. The summed E-state index contributed by atoms with van der Waals surface area (Å²) in [6.45, 7) is 3.66. The number of nitrogens with zero attached hydrogens (tertiary/aromatic N) is 1. The second-order valence-electron chi connectivity index (χ2n) is 6.53. The van der Waals surface area contributed by atoms with Crippen LogP contribution < -0.4 is 5.32 Å². The lowest BCUT2D eigenvalue weighted by atomic mass is 9.89. The number of ketones is 1. The molecule has 0 aromatic heterocycles. The molecule has 2 saturated heterocycles. The number of piperidine rings is 1. The van der Waals surface area contributed by atoms with Crippen LogP contribution in [0.2, 0.25) is 0 Å². The molecule has 0 radical (unpaired) electrons. The van der Waals surface area contributed by atoms with Crippen molar-refractivity contribution in [2.24, 2.45) is 5.92 Å². The van der Waals surface area contributed by atoms with Crippen LogP contribution in [-0.2, 0) is 10.0 Å². The third kappa shape index (κ3) is 3.49. The minimum absolute atomic E-state index is 0.118. The summed E-state index contributed by atoms with van der Waals surface area (Å²) in [5, 5.41) is 3.53. The fourth-order valence-corrected chi connectivity index (χ4v) is 5.17. The Morgan fingerprint density at radius 1 is 1.22 bits per heavy atom. The van der Waals surface area contributed by atoms with Crippen LogP contribution in [0.4, 0.5) is 0 Å².